The Kier molecular flexibility index (Phi) is 4.90. The molecule has 3 aromatic heterocycles. The van der Waals surface area contributed by atoms with Gasteiger partial charge in [0.05, 0.1) is 11.8 Å². The highest BCUT2D eigenvalue weighted by molar-refractivity contribution is 5.81. The van der Waals surface area contributed by atoms with Gasteiger partial charge in [-0.25, -0.2) is 4.98 Å². The fourth-order valence-electron chi connectivity index (χ4n) is 2.70. The molecule has 3 heterocycles. The molecule has 0 amide bonds. The topological polar surface area (TPSA) is 97.8 Å². The number of nitrogens with two attached hydrogens (primary N) is 1. The molecule has 0 atom stereocenters. The predicted molar refractivity (Wildman–Crippen MR) is 100 cm³/mol. The minimum absolute atomic E-state index is 0.0575. The molecule has 0 spiro atoms. The quantitative estimate of drug-likeness (QED) is 0.758. The summed E-state index contributed by atoms with van der Waals surface area (Å²) in [5.74, 6) is 1.19. The monoisotopic (exact) mass is 348 g/mol. The summed E-state index contributed by atoms with van der Waals surface area (Å²) in [4.78, 5) is 16.5. The van der Waals surface area contributed by atoms with Crippen molar-refractivity contribution in [2.75, 3.05) is 5.73 Å². The van der Waals surface area contributed by atoms with Crippen molar-refractivity contribution in [3.05, 3.63) is 58.7 Å². The number of anilines is 1. The average Bonchev–Trinajstić information content (AvgIpc) is 3.15. The number of rotatable bonds is 5. The van der Waals surface area contributed by atoms with Gasteiger partial charge < -0.3 is 14.7 Å². The van der Waals surface area contributed by atoms with Crippen molar-refractivity contribution in [3.63, 3.8) is 0 Å². The van der Waals surface area contributed by atoms with Gasteiger partial charge in [-0.05, 0) is 36.6 Å². The van der Waals surface area contributed by atoms with Gasteiger partial charge in [0.15, 0.2) is 5.76 Å². The van der Waals surface area contributed by atoms with Gasteiger partial charge in [-0.2, -0.15) is 5.26 Å². The van der Waals surface area contributed by atoms with E-state index in [-0.39, 0.29) is 16.9 Å². The van der Waals surface area contributed by atoms with Crippen molar-refractivity contribution < 1.29 is 4.42 Å². The van der Waals surface area contributed by atoms with E-state index < -0.39 is 0 Å². The third-order valence-electron chi connectivity index (χ3n) is 4.17. The Bertz CT molecular complexity index is 1010. The maximum Gasteiger partial charge on any atom is 0.250 e. The van der Waals surface area contributed by atoms with Gasteiger partial charge in [-0.1, -0.05) is 13.8 Å². The second-order valence-electron chi connectivity index (χ2n) is 6.54. The van der Waals surface area contributed by atoms with Crippen LogP contribution < -0.4 is 11.3 Å². The Morgan fingerprint density at radius 3 is 2.81 bits per heavy atom. The minimum atomic E-state index is -0.0575. The molecule has 6 heteroatoms. The Morgan fingerprint density at radius 2 is 2.15 bits per heavy atom. The average molecular weight is 348 g/mol. The Morgan fingerprint density at radius 1 is 1.35 bits per heavy atom. The maximum atomic E-state index is 12.2. The molecule has 0 bridgehead atoms. The highest BCUT2D eigenvalue weighted by Crippen LogP contribution is 2.32. The number of aryl methyl sites for hydroxylation is 1. The van der Waals surface area contributed by atoms with E-state index in [1.807, 2.05) is 0 Å². The van der Waals surface area contributed by atoms with E-state index in [0.29, 0.717) is 29.5 Å². The lowest BCUT2D eigenvalue weighted by atomic mass is 10.0. The van der Waals surface area contributed by atoms with Crippen LogP contribution in [0.4, 0.5) is 5.82 Å². The second-order valence-corrected chi connectivity index (χ2v) is 6.54. The van der Waals surface area contributed by atoms with Crippen LogP contribution in [0.25, 0.3) is 22.6 Å². The largest absolute Gasteiger partial charge is 0.463 e. The molecule has 6 nitrogen and oxygen atoms in total. The van der Waals surface area contributed by atoms with E-state index in [1.165, 1.54) is 6.07 Å². The summed E-state index contributed by atoms with van der Waals surface area (Å²) in [6, 6.07) is 10.6. The van der Waals surface area contributed by atoms with Crippen molar-refractivity contribution in [2.45, 2.75) is 26.8 Å². The lowest BCUT2D eigenvalue weighted by molar-refractivity contribution is 0.508. The molecule has 0 aliphatic carbocycles. The zero-order valence-electron chi connectivity index (χ0n) is 14.8. The lowest BCUT2D eigenvalue weighted by Gasteiger charge is -2.13. The Hall–Kier alpha value is -3.33. The van der Waals surface area contributed by atoms with E-state index in [4.69, 9.17) is 10.2 Å². The van der Waals surface area contributed by atoms with E-state index >= 15 is 0 Å². The number of nitriles is 1. The number of hydrogen-bond acceptors (Lipinski definition) is 5. The van der Waals surface area contributed by atoms with Gasteiger partial charge in [0.2, 0.25) is 0 Å². The summed E-state index contributed by atoms with van der Waals surface area (Å²) in [7, 11) is 0. The van der Waals surface area contributed by atoms with Crippen molar-refractivity contribution in [1.82, 2.24) is 9.55 Å². The van der Waals surface area contributed by atoms with Crippen LogP contribution in [0.1, 0.15) is 25.8 Å². The summed E-state index contributed by atoms with van der Waals surface area (Å²) in [6.45, 7) is 4.87. The molecule has 0 saturated carbocycles. The number of hydrogen-bond donors (Lipinski definition) is 1. The lowest BCUT2D eigenvalue weighted by Crippen LogP contribution is -2.19. The van der Waals surface area contributed by atoms with Crippen LogP contribution >= 0.6 is 0 Å². The van der Waals surface area contributed by atoms with Gasteiger partial charge in [0, 0.05) is 29.9 Å². The first-order valence-corrected chi connectivity index (χ1v) is 8.45. The maximum absolute atomic E-state index is 12.2. The van der Waals surface area contributed by atoms with Crippen LogP contribution in [0.3, 0.4) is 0 Å². The molecular formula is C20H20N4O2. The molecule has 0 aromatic carbocycles. The van der Waals surface area contributed by atoms with Crippen LogP contribution in [0.2, 0.25) is 0 Å². The fourth-order valence-corrected chi connectivity index (χ4v) is 2.70. The first-order chi connectivity index (χ1) is 12.5. The Labute approximate surface area is 151 Å². The normalized spacial score (nSPS) is 10.8. The highest BCUT2D eigenvalue weighted by Gasteiger charge is 2.16. The third kappa shape index (κ3) is 3.52. The van der Waals surface area contributed by atoms with Crippen molar-refractivity contribution in [3.8, 4) is 28.7 Å². The van der Waals surface area contributed by atoms with Crippen LogP contribution in [0.15, 0.2) is 52.0 Å². The predicted octanol–water partition coefficient (Wildman–Crippen LogP) is 3.67. The first-order valence-electron chi connectivity index (χ1n) is 8.45. The molecule has 26 heavy (non-hydrogen) atoms. The van der Waals surface area contributed by atoms with Crippen molar-refractivity contribution in [1.29, 1.82) is 5.26 Å². The standard InChI is InChI=1S/C20H20N4O2/c1-13(2)7-8-24-12-14(5-6-18(24)25)16-10-15(11-21)20(22)23-19(16)17-4-3-9-26-17/h3-6,9-10,12-13H,7-8H2,1-2H3,(H2,22,23). The molecule has 0 saturated heterocycles. The van der Waals surface area contributed by atoms with Gasteiger partial charge in [-0.3, -0.25) is 4.79 Å². The smallest absolute Gasteiger partial charge is 0.250 e. The summed E-state index contributed by atoms with van der Waals surface area (Å²) in [6.07, 6.45) is 4.25. The number of aromatic nitrogens is 2. The zero-order chi connectivity index (χ0) is 18.7. The molecule has 3 aromatic rings. The second kappa shape index (κ2) is 7.28. The van der Waals surface area contributed by atoms with Crippen molar-refractivity contribution in [2.24, 2.45) is 5.92 Å². The van der Waals surface area contributed by atoms with Crippen LogP contribution in [0.5, 0.6) is 0 Å². The van der Waals surface area contributed by atoms with Gasteiger partial charge in [0.1, 0.15) is 17.6 Å². The van der Waals surface area contributed by atoms with Crippen LogP contribution in [-0.2, 0) is 6.54 Å². The molecule has 0 unspecified atom stereocenters. The van der Waals surface area contributed by atoms with Gasteiger partial charge >= 0.3 is 0 Å². The molecule has 0 aliphatic heterocycles. The van der Waals surface area contributed by atoms with Gasteiger partial charge in [0.25, 0.3) is 5.56 Å². The molecule has 0 fully saturated rings. The summed E-state index contributed by atoms with van der Waals surface area (Å²) in [5.41, 5.74) is 8.14. The summed E-state index contributed by atoms with van der Waals surface area (Å²) >= 11 is 0. The molecular weight excluding hydrogens is 328 g/mol. The number of nitrogen functional groups attached to an aromatic ring is 1. The van der Waals surface area contributed by atoms with E-state index in [9.17, 15) is 10.1 Å². The molecule has 132 valence electrons. The molecule has 0 aliphatic rings. The Balaban J connectivity index is 2.15. The van der Waals surface area contributed by atoms with Gasteiger partial charge in [-0.15, -0.1) is 0 Å². The molecule has 2 N–H and O–H groups in total. The van der Waals surface area contributed by atoms with E-state index in [1.54, 1.807) is 41.3 Å². The SMILES string of the molecule is CC(C)CCn1cc(-c2cc(C#N)c(N)nc2-c2ccco2)ccc1=O. The first kappa shape index (κ1) is 17.5. The van der Waals surface area contributed by atoms with E-state index in [0.717, 1.165) is 12.0 Å². The van der Waals surface area contributed by atoms with Crippen LogP contribution in [0, 0.1) is 17.2 Å². The van der Waals surface area contributed by atoms with Crippen LogP contribution in [-0.4, -0.2) is 9.55 Å². The highest BCUT2D eigenvalue weighted by atomic mass is 16.3. The number of pyridine rings is 2. The zero-order valence-corrected chi connectivity index (χ0v) is 14.8. The fraction of sp³-hybridized carbons (Fsp3) is 0.250. The van der Waals surface area contributed by atoms with Crippen molar-refractivity contribution >= 4 is 5.82 Å². The number of furan rings is 1. The summed E-state index contributed by atoms with van der Waals surface area (Å²) < 4.78 is 7.16. The minimum Gasteiger partial charge on any atom is -0.463 e. The van der Waals surface area contributed by atoms with E-state index in [2.05, 4.69) is 24.9 Å². The number of nitrogens with zero attached hydrogens (tertiary/aromatic N) is 3. The molecule has 0 radical (unpaired) electrons. The summed E-state index contributed by atoms with van der Waals surface area (Å²) in [5, 5.41) is 9.31. The molecule has 3 rings (SSSR count). The third-order valence-corrected chi connectivity index (χ3v) is 4.17.